The van der Waals surface area contributed by atoms with Crippen LogP contribution in [0, 0.1) is 0 Å². The smallest absolute Gasteiger partial charge is 0.0462 e. The molecular weight excluding hydrogens is 218 g/mol. The van der Waals surface area contributed by atoms with Crippen molar-refractivity contribution in [1.29, 1.82) is 0 Å². The highest BCUT2D eigenvalue weighted by atomic mass is 14.7. The van der Waals surface area contributed by atoms with Crippen LogP contribution >= 0.6 is 0 Å². The van der Waals surface area contributed by atoms with Gasteiger partial charge in [0.15, 0.2) is 0 Å². The van der Waals surface area contributed by atoms with E-state index in [1.54, 1.807) is 0 Å². The lowest BCUT2D eigenvalue weighted by molar-refractivity contribution is 1.17. The quantitative estimate of drug-likeness (QED) is 0.452. The van der Waals surface area contributed by atoms with Crippen molar-refractivity contribution in [3.63, 3.8) is 0 Å². The molecule has 0 radical (unpaired) electrons. The highest BCUT2D eigenvalue weighted by molar-refractivity contribution is 6.00. The SMILES string of the molecule is CC.c1ccc2c(c1)Cc1[nH]c3ccccc3c1-2. The maximum absolute atomic E-state index is 3.52. The summed E-state index contributed by atoms with van der Waals surface area (Å²) in [6.45, 7) is 4.00. The summed E-state index contributed by atoms with van der Waals surface area (Å²) in [5.74, 6) is 0. The van der Waals surface area contributed by atoms with Gasteiger partial charge < -0.3 is 4.98 Å². The molecule has 1 N–H and O–H groups in total. The van der Waals surface area contributed by atoms with Crippen molar-refractivity contribution in [2.75, 3.05) is 0 Å². The predicted octanol–water partition coefficient (Wildman–Crippen LogP) is 4.77. The third kappa shape index (κ3) is 1.47. The summed E-state index contributed by atoms with van der Waals surface area (Å²) in [6, 6.07) is 17.2. The van der Waals surface area contributed by atoms with Crippen LogP contribution in [0.15, 0.2) is 48.5 Å². The van der Waals surface area contributed by atoms with Gasteiger partial charge in [0, 0.05) is 28.6 Å². The van der Waals surface area contributed by atoms with Crippen molar-refractivity contribution in [3.8, 4) is 11.1 Å². The van der Waals surface area contributed by atoms with Crippen molar-refractivity contribution >= 4 is 10.9 Å². The first-order chi connectivity index (χ1) is 8.93. The molecule has 0 bridgehead atoms. The van der Waals surface area contributed by atoms with Crippen LogP contribution in [-0.2, 0) is 6.42 Å². The van der Waals surface area contributed by atoms with Crippen LogP contribution in [0.25, 0.3) is 22.0 Å². The lowest BCUT2D eigenvalue weighted by Gasteiger charge is -1.99. The van der Waals surface area contributed by atoms with E-state index in [0.717, 1.165) is 6.42 Å². The van der Waals surface area contributed by atoms with Crippen molar-refractivity contribution in [2.24, 2.45) is 0 Å². The zero-order valence-corrected chi connectivity index (χ0v) is 10.8. The molecule has 0 fully saturated rings. The number of benzene rings is 2. The van der Waals surface area contributed by atoms with Crippen LogP contribution in [0.2, 0.25) is 0 Å². The maximum atomic E-state index is 3.52. The zero-order valence-electron chi connectivity index (χ0n) is 10.8. The van der Waals surface area contributed by atoms with Gasteiger partial charge in [-0.3, -0.25) is 0 Å². The first-order valence-corrected chi connectivity index (χ1v) is 6.61. The van der Waals surface area contributed by atoms with Gasteiger partial charge >= 0.3 is 0 Å². The molecule has 3 aromatic rings. The third-order valence-electron chi connectivity index (χ3n) is 3.44. The second-order valence-electron chi connectivity index (χ2n) is 4.36. The van der Waals surface area contributed by atoms with E-state index in [1.807, 2.05) is 13.8 Å². The molecule has 0 spiro atoms. The minimum absolute atomic E-state index is 1.04. The monoisotopic (exact) mass is 235 g/mol. The molecule has 0 unspecified atom stereocenters. The molecule has 18 heavy (non-hydrogen) atoms. The van der Waals surface area contributed by atoms with E-state index in [9.17, 15) is 0 Å². The summed E-state index contributed by atoms with van der Waals surface area (Å²) in [6.07, 6.45) is 1.04. The van der Waals surface area contributed by atoms with Crippen LogP contribution in [0.1, 0.15) is 25.1 Å². The van der Waals surface area contributed by atoms with Crippen LogP contribution in [0.5, 0.6) is 0 Å². The van der Waals surface area contributed by atoms with Gasteiger partial charge in [0.1, 0.15) is 0 Å². The average molecular weight is 235 g/mol. The standard InChI is InChI=1S/C15H11N.C2H6/c1-2-6-11-10(5-1)9-14-15(11)12-7-3-4-8-13(12)16-14;1-2/h1-8,16H,9H2;1-2H3. The molecule has 0 saturated carbocycles. The number of hydrogen-bond acceptors (Lipinski definition) is 0. The fourth-order valence-electron chi connectivity index (χ4n) is 2.75. The lowest BCUT2D eigenvalue weighted by Crippen LogP contribution is -1.81. The Balaban J connectivity index is 0.000000478. The molecule has 0 atom stereocenters. The van der Waals surface area contributed by atoms with Gasteiger partial charge in [-0.2, -0.15) is 0 Å². The second-order valence-corrected chi connectivity index (χ2v) is 4.36. The van der Waals surface area contributed by atoms with E-state index in [0.29, 0.717) is 0 Å². The maximum Gasteiger partial charge on any atom is 0.0462 e. The molecule has 0 aliphatic heterocycles. The number of fused-ring (bicyclic) bond motifs is 5. The number of nitrogens with one attached hydrogen (secondary N) is 1. The van der Waals surface area contributed by atoms with E-state index < -0.39 is 0 Å². The summed E-state index contributed by atoms with van der Waals surface area (Å²) in [5, 5.41) is 1.35. The summed E-state index contributed by atoms with van der Waals surface area (Å²) < 4.78 is 0. The Morgan fingerprint density at radius 3 is 2.50 bits per heavy atom. The predicted molar refractivity (Wildman–Crippen MR) is 77.9 cm³/mol. The highest BCUT2D eigenvalue weighted by Crippen LogP contribution is 2.40. The Bertz CT molecular complexity index is 692. The van der Waals surface area contributed by atoms with Crippen LogP contribution < -0.4 is 0 Å². The van der Waals surface area contributed by atoms with Crippen molar-refractivity contribution < 1.29 is 0 Å². The number of aromatic nitrogens is 1. The summed E-state index contributed by atoms with van der Waals surface area (Å²) in [5.41, 5.74) is 6.86. The van der Waals surface area contributed by atoms with Gasteiger partial charge in [-0.15, -0.1) is 0 Å². The minimum atomic E-state index is 1.04. The molecule has 1 aliphatic rings. The second kappa shape index (κ2) is 4.34. The fraction of sp³-hybridized carbons (Fsp3) is 0.176. The highest BCUT2D eigenvalue weighted by Gasteiger charge is 2.21. The van der Waals surface area contributed by atoms with Crippen molar-refractivity contribution in [2.45, 2.75) is 20.3 Å². The molecule has 0 amide bonds. The molecule has 1 aliphatic carbocycles. The first-order valence-electron chi connectivity index (χ1n) is 6.61. The summed E-state index contributed by atoms with van der Waals surface area (Å²) in [4.78, 5) is 3.52. The van der Waals surface area contributed by atoms with Gasteiger partial charge in [0.05, 0.1) is 0 Å². The van der Waals surface area contributed by atoms with Crippen LogP contribution in [0.3, 0.4) is 0 Å². The average Bonchev–Trinajstić information content (AvgIpc) is 2.96. The van der Waals surface area contributed by atoms with Gasteiger partial charge in [-0.1, -0.05) is 56.3 Å². The first kappa shape index (κ1) is 11.1. The lowest BCUT2D eigenvalue weighted by atomic mass is 10.0. The largest absolute Gasteiger partial charge is 0.358 e. The number of H-pyrrole nitrogens is 1. The fourth-order valence-corrected chi connectivity index (χ4v) is 2.75. The topological polar surface area (TPSA) is 15.8 Å². The summed E-state index contributed by atoms with van der Waals surface area (Å²) in [7, 11) is 0. The number of para-hydroxylation sites is 1. The van der Waals surface area contributed by atoms with E-state index in [1.165, 1.54) is 33.3 Å². The molecule has 90 valence electrons. The molecule has 1 nitrogen and oxygen atoms in total. The molecule has 1 aromatic heterocycles. The Hall–Kier alpha value is -2.02. The third-order valence-corrected chi connectivity index (χ3v) is 3.44. The van der Waals surface area contributed by atoms with Gasteiger partial charge in [-0.25, -0.2) is 0 Å². The Morgan fingerprint density at radius 2 is 1.61 bits per heavy atom. The van der Waals surface area contributed by atoms with Gasteiger partial charge in [0.25, 0.3) is 0 Å². The number of hydrogen-bond donors (Lipinski definition) is 1. The van der Waals surface area contributed by atoms with Crippen LogP contribution in [0.4, 0.5) is 0 Å². The van der Waals surface area contributed by atoms with Crippen molar-refractivity contribution in [3.05, 3.63) is 59.8 Å². The molecule has 1 heterocycles. The zero-order chi connectivity index (χ0) is 12.5. The normalized spacial score (nSPS) is 11.7. The van der Waals surface area contributed by atoms with E-state index in [2.05, 4.69) is 53.5 Å². The minimum Gasteiger partial charge on any atom is -0.358 e. The van der Waals surface area contributed by atoms with Crippen molar-refractivity contribution in [1.82, 2.24) is 4.98 Å². The van der Waals surface area contributed by atoms with E-state index >= 15 is 0 Å². The number of aromatic amines is 1. The Kier molecular flexibility index (Phi) is 2.67. The number of rotatable bonds is 0. The molecular formula is C17H17N. The van der Waals surface area contributed by atoms with Crippen LogP contribution in [-0.4, -0.2) is 4.98 Å². The molecule has 1 heteroatoms. The summed E-state index contributed by atoms with van der Waals surface area (Å²) >= 11 is 0. The molecule has 0 saturated heterocycles. The van der Waals surface area contributed by atoms with Gasteiger partial charge in [-0.05, 0) is 17.2 Å². The Labute approximate surface area is 107 Å². The molecule has 2 aromatic carbocycles. The molecule has 4 rings (SSSR count). The van der Waals surface area contributed by atoms with Gasteiger partial charge in [0.2, 0.25) is 0 Å². The van der Waals surface area contributed by atoms with E-state index in [4.69, 9.17) is 0 Å². The van der Waals surface area contributed by atoms with E-state index in [-0.39, 0.29) is 0 Å². The Morgan fingerprint density at radius 1 is 0.889 bits per heavy atom.